The molecule has 0 unspecified atom stereocenters. The molecule has 4 atom stereocenters. The van der Waals surface area contributed by atoms with Gasteiger partial charge in [0.1, 0.15) is 5.78 Å². The van der Waals surface area contributed by atoms with Gasteiger partial charge in [0.05, 0.1) is 0 Å². The van der Waals surface area contributed by atoms with Crippen LogP contribution in [0.15, 0.2) is 12.2 Å². The molecule has 17 heavy (non-hydrogen) atoms. The molecule has 0 radical (unpaired) electrons. The first-order valence-corrected chi connectivity index (χ1v) is 7.12. The molecule has 0 aromatic heterocycles. The van der Waals surface area contributed by atoms with Crippen LogP contribution in [0, 0.1) is 11.8 Å². The first-order valence-electron chi connectivity index (χ1n) is 7.12. The van der Waals surface area contributed by atoms with Crippen molar-refractivity contribution in [2.75, 3.05) is 0 Å². The van der Waals surface area contributed by atoms with Crippen molar-refractivity contribution in [2.24, 2.45) is 11.8 Å². The van der Waals surface area contributed by atoms with Gasteiger partial charge in [-0.1, -0.05) is 39.3 Å². The Hall–Kier alpha value is -0.630. The number of piperidine rings is 1. The van der Waals surface area contributed by atoms with Gasteiger partial charge in [0.2, 0.25) is 0 Å². The zero-order chi connectivity index (χ0) is 12.8. The molecule has 1 fully saturated rings. The van der Waals surface area contributed by atoms with Crippen molar-refractivity contribution in [3.8, 4) is 0 Å². The van der Waals surface area contributed by atoms with E-state index in [0.717, 1.165) is 25.7 Å². The van der Waals surface area contributed by atoms with E-state index in [1.807, 2.05) is 6.92 Å². The molecule has 1 heterocycles. The van der Waals surface area contributed by atoms with E-state index in [9.17, 15) is 4.79 Å². The molecule has 0 aromatic rings. The predicted molar refractivity (Wildman–Crippen MR) is 73.0 cm³/mol. The van der Waals surface area contributed by atoms with Gasteiger partial charge in [-0.25, -0.2) is 0 Å². The molecule has 1 N–H and O–H groups in total. The minimum absolute atomic E-state index is 0.171. The molecule has 0 aromatic carbocycles. The van der Waals surface area contributed by atoms with Crippen molar-refractivity contribution in [3.63, 3.8) is 0 Å². The lowest BCUT2D eigenvalue weighted by Crippen LogP contribution is -2.56. The van der Waals surface area contributed by atoms with E-state index in [1.165, 1.54) is 0 Å². The number of nitrogens with one attached hydrogen (secondary N) is 1. The van der Waals surface area contributed by atoms with E-state index < -0.39 is 0 Å². The maximum absolute atomic E-state index is 12.5. The fraction of sp³-hybridized carbons (Fsp3) is 0.800. The highest BCUT2D eigenvalue weighted by atomic mass is 16.1. The standard InChI is InChI=1S/C15H27NO/c1-5-9-13-11(7-3)15(17)12(8-4)14(16-13)10-6-2/h5,9,11-14,16H,6-8,10H2,1-4H3/b9-5+/t11-,12-,13+,14+/m0/s1. The summed E-state index contributed by atoms with van der Waals surface area (Å²) in [6, 6.07) is 0.623. The van der Waals surface area contributed by atoms with Crippen LogP contribution < -0.4 is 5.32 Å². The summed E-state index contributed by atoms with van der Waals surface area (Å²) < 4.78 is 0. The van der Waals surface area contributed by atoms with Gasteiger partial charge in [0, 0.05) is 23.9 Å². The Bertz CT molecular complexity index is 272. The van der Waals surface area contributed by atoms with Crippen molar-refractivity contribution in [3.05, 3.63) is 12.2 Å². The molecule has 2 nitrogen and oxygen atoms in total. The van der Waals surface area contributed by atoms with E-state index in [0.29, 0.717) is 11.8 Å². The van der Waals surface area contributed by atoms with Crippen LogP contribution >= 0.6 is 0 Å². The molecule has 0 bridgehead atoms. The molecule has 1 saturated heterocycles. The quantitative estimate of drug-likeness (QED) is 0.743. The van der Waals surface area contributed by atoms with E-state index in [2.05, 4.69) is 38.2 Å². The minimum atomic E-state index is 0.171. The van der Waals surface area contributed by atoms with Crippen molar-refractivity contribution < 1.29 is 4.79 Å². The third-order valence-electron chi connectivity index (χ3n) is 3.94. The van der Waals surface area contributed by atoms with E-state index in [1.54, 1.807) is 0 Å². The second-order valence-corrected chi connectivity index (χ2v) is 5.05. The maximum atomic E-state index is 12.5. The highest BCUT2D eigenvalue weighted by molar-refractivity contribution is 5.86. The van der Waals surface area contributed by atoms with Crippen molar-refractivity contribution in [1.29, 1.82) is 0 Å². The second-order valence-electron chi connectivity index (χ2n) is 5.05. The lowest BCUT2D eigenvalue weighted by atomic mass is 9.75. The third kappa shape index (κ3) is 3.19. The van der Waals surface area contributed by atoms with Gasteiger partial charge in [-0.3, -0.25) is 4.79 Å². The van der Waals surface area contributed by atoms with Crippen LogP contribution in [-0.2, 0) is 4.79 Å². The molecule has 0 aliphatic carbocycles. The monoisotopic (exact) mass is 237 g/mol. The predicted octanol–water partition coefficient (Wildman–Crippen LogP) is 3.32. The van der Waals surface area contributed by atoms with Crippen molar-refractivity contribution in [1.82, 2.24) is 5.32 Å². The summed E-state index contributed by atoms with van der Waals surface area (Å²) in [7, 11) is 0. The Labute approximate surface area is 106 Å². The molecule has 1 rings (SSSR count). The molecular formula is C15H27NO. The molecule has 98 valence electrons. The number of Topliss-reactive ketones (excluding diaryl/α,β-unsaturated/α-hetero) is 1. The van der Waals surface area contributed by atoms with Gasteiger partial charge in [-0.2, -0.15) is 0 Å². The van der Waals surface area contributed by atoms with Gasteiger partial charge in [0.15, 0.2) is 0 Å². The fourth-order valence-corrected chi connectivity index (χ4v) is 3.06. The average Bonchev–Trinajstić information content (AvgIpc) is 2.30. The van der Waals surface area contributed by atoms with Gasteiger partial charge in [-0.05, 0) is 26.2 Å². The Morgan fingerprint density at radius 3 is 2.29 bits per heavy atom. The minimum Gasteiger partial charge on any atom is -0.306 e. The molecule has 1 aliphatic heterocycles. The Kier molecular flexibility index (Phi) is 5.90. The number of allylic oxidation sites excluding steroid dienone is 1. The van der Waals surface area contributed by atoms with Gasteiger partial charge < -0.3 is 5.32 Å². The fourth-order valence-electron chi connectivity index (χ4n) is 3.06. The first-order chi connectivity index (χ1) is 8.19. The molecule has 1 aliphatic rings. The number of ketones is 1. The average molecular weight is 237 g/mol. The molecular weight excluding hydrogens is 210 g/mol. The Morgan fingerprint density at radius 1 is 1.18 bits per heavy atom. The summed E-state index contributed by atoms with van der Waals surface area (Å²) >= 11 is 0. The van der Waals surface area contributed by atoms with Crippen LogP contribution in [0.5, 0.6) is 0 Å². The molecule has 0 spiro atoms. The topological polar surface area (TPSA) is 29.1 Å². The highest BCUT2D eigenvalue weighted by Crippen LogP contribution is 2.29. The highest BCUT2D eigenvalue weighted by Gasteiger charge is 2.39. The van der Waals surface area contributed by atoms with Gasteiger partial charge in [-0.15, -0.1) is 0 Å². The first kappa shape index (κ1) is 14.4. The van der Waals surface area contributed by atoms with Crippen LogP contribution in [0.4, 0.5) is 0 Å². The van der Waals surface area contributed by atoms with Crippen molar-refractivity contribution >= 4 is 5.78 Å². The lowest BCUT2D eigenvalue weighted by molar-refractivity contribution is -0.131. The van der Waals surface area contributed by atoms with Crippen molar-refractivity contribution in [2.45, 2.75) is 65.5 Å². The van der Waals surface area contributed by atoms with E-state index in [4.69, 9.17) is 0 Å². The van der Waals surface area contributed by atoms with Crippen LogP contribution in [0.3, 0.4) is 0 Å². The number of carbonyl (C=O) groups excluding carboxylic acids is 1. The summed E-state index contributed by atoms with van der Waals surface area (Å²) in [6.07, 6.45) is 8.37. The third-order valence-corrected chi connectivity index (χ3v) is 3.94. The van der Waals surface area contributed by atoms with Crippen LogP contribution in [0.2, 0.25) is 0 Å². The summed E-state index contributed by atoms with van der Waals surface area (Å²) in [5, 5.41) is 3.68. The Balaban J connectivity index is 2.87. The summed E-state index contributed by atoms with van der Waals surface area (Å²) in [5.74, 6) is 0.876. The normalized spacial score (nSPS) is 34.5. The Morgan fingerprint density at radius 2 is 1.82 bits per heavy atom. The van der Waals surface area contributed by atoms with E-state index >= 15 is 0 Å². The zero-order valence-electron chi connectivity index (χ0n) is 11.7. The largest absolute Gasteiger partial charge is 0.306 e. The molecule has 2 heteroatoms. The maximum Gasteiger partial charge on any atom is 0.142 e. The zero-order valence-corrected chi connectivity index (χ0v) is 11.7. The number of carbonyl (C=O) groups is 1. The summed E-state index contributed by atoms with van der Waals surface area (Å²) in [6.45, 7) is 8.47. The second kappa shape index (κ2) is 6.95. The summed E-state index contributed by atoms with van der Waals surface area (Å²) in [4.78, 5) is 12.5. The number of hydrogen-bond acceptors (Lipinski definition) is 2. The van der Waals surface area contributed by atoms with E-state index in [-0.39, 0.29) is 17.9 Å². The smallest absolute Gasteiger partial charge is 0.142 e. The molecule has 0 saturated carbocycles. The number of hydrogen-bond donors (Lipinski definition) is 1. The van der Waals surface area contributed by atoms with Gasteiger partial charge in [0.25, 0.3) is 0 Å². The summed E-state index contributed by atoms with van der Waals surface area (Å²) in [5.41, 5.74) is 0. The van der Waals surface area contributed by atoms with Gasteiger partial charge >= 0.3 is 0 Å². The van der Waals surface area contributed by atoms with Crippen LogP contribution in [-0.4, -0.2) is 17.9 Å². The SMILES string of the molecule is C/C=C/[C@H]1N[C@H](CCC)[C@H](CC)C(=O)[C@H]1CC. The lowest BCUT2D eigenvalue weighted by Gasteiger charge is -2.40. The number of rotatable bonds is 5. The molecule has 0 amide bonds. The van der Waals surface area contributed by atoms with Crippen LogP contribution in [0.1, 0.15) is 53.4 Å². The van der Waals surface area contributed by atoms with Crippen LogP contribution in [0.25, 0.3) is 0 Å².